The molecular weight excluding hydrogens is 314 g/mol. The van der Waals surface area contributed by atoms with Gasteiger partial charge in [0.2, 0.25) is 0 Å². The minimum absolute atomic E-state index is 0.0354. The van der Waals surface area contributed by atoms with Crippen molar-refractivity contribution in [3.8, 4) is 5.75 Å². The third-order valence-electron chi connectivity index (χ3n) is 3.88. The van der Waals surface area contributed by atoms with Gasteiger partial charge < -0.3 is 20.1 Å². The molecule has 0 amide bonds. The fourth-order valence-corrected chi connectivity index (χ4v) is 2.69. The third kappa shape index (κ3) is 5.59. The van der Waals surface area contributed by atoms with Gasteiger partial charge >= 0.3 is 0 Å². The lowest BCUT2D eigenvalue weighted by molar-refractivity contribution is 0.0242. The van der Waals surface area contributed by atoms with Crippen LogP contribution in [0.25, 0.3) is 0 Å². The van der Waals surface area contributed by atoms with E-state index in [1.165, 1.54) is 0 Å². The Morgan fingerprint density at radius 3 is 2.87 bits per heavy atom. The zero-order valence-corrected chi connectivity index (χ0v) is 14.8. The molecule has 2 atom stereocenters. The van der Waals surface area contributed by atoms with E-state index >= 15 is 0 Å². The number of para-hydroxylation sites is 1. The van der Waals surface area contributed by atoms with Crippen molar-refractivity contribution in [2.75, 3.05) is 26.7 Å². The molecule has 0 radical (unpaired) electrons. The van der Waals surface area contributed by atoms with Crippen molar-refractivity contribution in [1.82, 2.24) is 10.6 Å². The number of rotatable bonds is 6. The predicted octanol–water partition coefficient (Wildman–Crippen LogP) is 2.84. The monoisotopic (exact) mass is 339 g/mol. The van der Waals surface area contributed by atoms with Crippen LogP contribution in [-0.4, -0.2) is 44.4 Å². The molecule has 0 spiro atoms. The maximum atomic E-state index is 6.10. The first-order valence-electron chi connectivity index (χ1n) is 8.02. The summed E-state index contributed by atoms with van der Waals surface area (Å²) in [4.78, 5) is 4.23. The summed E-state index contributed by atoms with van der Waals surface area (Å²) in [6, 6.07) is 7.48. The van der Waals surface area contributed by atoms with Gasteiger partial charge in [-0.2, -0.15) is 0 Å². The average Bonchev–Trinajstić information content (AvgIpc) is 2.97. The summed E-state index contributed by atoms with van der Waals surface area (Å²) >= 11 is 6.10. The van der Waals surface area contributed by atoms with Crippen LogP contribution in [0.3, 0.4) is 0 Å². The van der Waals surface area contributed by atoms with Crippen molar-refractivity contribution in [2.24, 2.45) is 4.99 Å². The van der Waals surface area contributed by atoms with Gasteiger partial charge in [0.05, 0.1) is 17.2 Å². The molecule has 6 heteroatoms. The molecule has 1 aliphatic heterocycles. The van der Waals surface area contributed by atoms with Crippen LogP contribution in [0.1, 0.15) is 26.7 Å². The Labute approximate surface area is 143 Å². The molecular formula is C17H26ClN3O2. The molecule has 1 saturated heterocycles. The topological polar surface area (TPSA) is 54.9 Å². The van der Waals surface area contributed by atoms with Gasteiger partial charge in [0.25, 0.3) is 0 Å². The van der Waals surface area contributed by atoms with Gasteiger partial charge in [-0.1, -0.05) is 23.7 Å². The fourth-order valence-electron chi connectivity index (χ4n) is 2.51. The number of benzene rings is 1. The fraction of sp³-hybridized carbons (Fsp3) is 0.588. The Kier molecular flexibility index (Phi) is 6.54. The Balaban J connectivity index is 1.75. The molecule has 23 heavy (non-hydrogen) atoms. The normalized spacial score (nSPS) is 22.7. The van der Waals surface area contributed by atoms with Crippen LogP contribution in [-0.2, 0) is 4.74 Å². The number of hydrogen-bond donors (Lipinski definition) is 2. The standard InChI is InChI=1S/C17H26ClN3O2/c1-13(23-15-8-5-4-7-14(15)18)11-20-16(19-3)21-12-17(2)9-6-10-22-17/h4-5,7-8,13H,6,9-12H2,1-3H3,(H2,19,20,21). The molecule has 0 aliphatic carbocycles. The Hall–Kier alpha value is -1.46. The lowest BCUT2D eigenvalue weighted by Crippen LogP contribution is -2.47. The minimum Gasteiger partial charge on any atom is -0.487 e. The lowest BCUT2D eigenvalue weighted by Gasteiger charge is -2.25. The number of nitrogens with zero attached hydrogens (tertiary/aromatic N) is 1. The second-order valence-corrected chi connectivity index (χ2v) is 6.47. The van der Waals surface area contributed by atoms with Gasteiger partial charge in [-0.15, -0.1) is 0 Å². The largest absolute Gasteiger partial charge is 0.487 e. The molecule has 2 rings (SSSR count). The van der Waals surface area contributed by atoms with Gasteiger partial charge in [-0.25, -0.2) is 0 Å². The molecule has 0 aromatic heterocycles. The summed E-state index contributed by atoms with van der Waals surface area (Å²) in [6.07, 6.45) is 2.16. The van der Waals surface area contributed by atoms with E-state index in [0.29, 0.717) is 17.3 Å². The van der Waals surface area contributed by atoms with Gasteiger partial charge in [-0.3, -0.25) is 4.99 Å². The molecule has 1 fully saturated rings. The number of halogens is 1. The van der Waals surface area contributed by atoms with E-state index in [4.69, 9.17) is 21.1 Å². The quantitative estimate of drug-likeness (QED) is 0.618. The summed E-state index contributed by atoms with van der Waals surface area (Å²) in [5.41, 5.74) is -0.0999. The summed E-state index contributed by atoms with van der Waals surface area (Å²) in [5.74, 6) is 1.44. The van der Waals surface area contributed by atoms with Gasteiger partial charge in [0.1, 0.15) is 11.9 Å². The smallest absolute Gasteiger partial charge is 0.191 e. The van der Waals surface area contributed by atoms with Crippen LogP contribution in [0.5, 0.6) is 5.75 Å². The van der Waals surface area contributed by atoms with Crippen molar-refractivity contribution in [1.29, 1.82) is 0 Å². The van der Waals surface area contributed by atoms with Gasteiger partial charge in [0.15, 0.2) is 5.96 Å². The van der Waals surface area contributed by atoms with E-state index in [1.807, 2.05) is 31.2 Å². The van der Waals surface area contributed by atoms with Crippen molar-refractivity contribution < 1.29 is 9.47 Å². The molecule has 0 bridgehead atoms. The van der Waals surface area contributed by atoms with Crippen molar-refractivity contribution in [3.63, 3.8) is 0 Å². The summed E-state index contributed by atoms with van der Waals surface area (Å²) in [5, 5.41) is 7.20. The van der Waals surface area contributed by atoms with E-state index in [1.54, 1.807) is 7.05 Å². The first-order chi connectivity index (χ1) is 11.0. The molecule has 128 valence electrons. The minimum atomic E-state index is -0.0999. The Morgan fingerprint density at radius 2 is 2.22 bits per heavy atom. The molecule has 5 nitrogen and oxygen atoms in total. The van der Waals surface area contributed by atoms with Crippen molar-refractivity contribution >= 4 is 17.6 Å². The van der Waals surface area contributed by atoms with Crippen LogP contribution in [0.15, 0.2) is 29.3 Å². The molecule has 2 N–H and O–H groups in total. The van der Waals surface area contributed by atoms with Crippen LogP contribution >= 0.6 is 11.6 Å². The number of guanidine groups is 1. The molecule has 2 unspecified atom stereocenters. The van der Waals surface area contributed by atoms with Gasteiger partial charge in [-0.05, 0) is 38.8 Å². The van der Waals surface area contributed by atoms with Crippen LogP contribution < -0.4 is 15.4 Å². The predicted molar refractivity (Wildman–Crippen MR) is 94.5 cm³/mol. The zero-order valence-electron chi connectivity index (χ0n) is 14.1. The van der Waals surface area contributed by atoms with Crippen molar-refractivity contribution in [3.05, 3.63) is 29.3 Å². The number of ether oxygens (including phenoxy) is 2. The summed E-state index contributed by atoms with van der Waals surface area (Å²) < 4.78 is 11.6. The third-order valence-corrected chi connectivity index (χ3v) is 4.19. The van der Waals surface area contributed by atoms with Crippen LogP contribution in [0, 0.1) is 0 Å². The van der Waals surface area contributed by atoms with Gasteiger partial charge in [0, 0.05) is 20.2 Å². The maximum absolute atomic E-state index is 6.10. The summed E-state index contributed by atoms with van der Waals surface area (Å²) in [7, 11) is 1.76. The second-order valence-electron chi connectivity index (χ2n) is 6.07. The maximum Gasteiger partial charge on any atom is 0.191 e. The lowest BCUT2D eigenvalue weighted by atomic mass is 10.0. The van der Waals surface area contributed by atoms with Crippen molar-refractivity contribution in [2.45, 2.75) is 38.4 Å². The van der Waals surface area contributed by atoms with E-state index in [-0.39, 0.29) is 11.7 Å². The molecule has 0 saturated carbocycles. The molecule has 1 aromatic rings. The average molecular weight is 340 g/mol. The van der Waals surface area contributed by atoms with E-state index in [9.17, 15) is 0 Å². The second kappa shape index (κ2) is 8.41. The van der Waals surface area contributed by atoms with E-state index in [0.717, 1.165) is 32.0 Å². The van der Waals surface area contributed by atoms with Crippen LogP contribution in [0.4, 0.5) is 0 Å². The first kappa shape index (κ1) is 17.9. The number of hydrogen-bond acceptors (Lipinski definition) is 3. The van der Waals surface area contributed by atoms with E-state index < -0.39 is 0 Å². The van der Waals surface area contributed by atoms with Crippen LogP contribution in [0.2, 0.25) is 5.02 Å². The number of aliphatic imine (C=N–C) groups is 1. The highest BCUT2D eigenvalue weighted by Crippen LogP contribution is 2.24. The zero-order chi connectivity index (χ0) is 16.7. The highest BCUT2D eigenvalue weighted by atomic mass is 35.5. The first-order valence-corrected chi connectivity index (χ1v) is 8.40. The van der Waals surface area contributed by atoms with E-state index in [2.05, 4.69) is 22.5 Å². The Bertz CT molecular complexity index is 530. The molecule has 1 heterocycles. The summed E-state index contributed by atoms with van der Waals surface area (Å²) in [6.45, 7) is 6.33. The highest BCUT2D eigenvalue weighted by Gasteiger charge is 2.29. The molecule has 1 aromatic carbocycles. The Morgan fingerprint density at radius 1 is 1.43 bits per heavy atom. The number of nitrogens with one attached hydrogen (secondary N) is 2. The SMILES string of the molecule is CN=C(NCC(C)Oc1ccccc1Cl)NCC1(C)CCCO1. The molecule has 1 aliphatic rings. The highest BCUT2D eigenvalue weighted by molar-refractivity contribution is 6.32.